The predicted molar refractivity (Wildman–Crippen MR) is 201 cm³/mol. The van der Waals surface area contributed by atoms with E-state index in [0.29, 0.717) is 16.9 Å². The molecule has 0 aliphatic rings. The standard InChI is InChI=1S/C35H32N8O8S2/c1-23-18-19-28(40-34(46)42-52(48,49)29-16-8-14-26(20-29)38-32(44)36-24-10-4-2-5-11-24)22-31(23)41-35(47)43-53(50,51)30-17-9-15-27(21-30)39-33(45)37-25-12-6-3-7-13-25/h2-22H,1H3,(H2,36,38,44)(H2,37,39,45)(H2,40,42,46)(H2,41,43,47). The second-order valence-corrected chi connectivity index (χ2v) is 14.5. The Bertz CT molecular complexity index is 2380. The van der Waals surface area contributed by atoms with Crippen LogP contribution in [0.5, 0.6) is 0 Å². The molecule has 0 saturated heterocycles. The van der Waals surface area contributed by atoms with Crippen molar-refractivity contribution in [3.05, 3.63) is 133 Å². The molecule has 0 unspecified atom stereocenters. The van der Waals surface area contributed by atoms with Crippen LogP contribution in [0.4, 0.5) is 53.3 Å². The molecule has 0 radical (unpaired) electrons. The van der Waals surface area contributed by atoms with Gasteiger partial charge in [-0.2, -0.15) is 0 Å². The van der Waals surface area contributed by atoms with Crippen molar-refractivity contribution < 1.29 is 36.0 Å². The molecule has 0 atom stereocenters. The van der Waals surface area contributed by atoms with E-state index in [2.05, 4.69) is 31.9 Å². The maximum atomic E-state index is 13.0. The molecule has 16 nitrogen and oxygen atoms in total. The maximum Gasteiger partial charge on any atom is 0.333 e. The third-order valence-electron chi connectivity index (χ3n) is 7.07. The van der Waals surface area contributed by atoms with Crippen molar-refractivity contribution in [2.75, 3.05) is 31.9 Å². The van der Waals surface area contributed by atoms with E-state index < -0.39 is 44.2 Å². The van der Waals surface area contributed by atoms with Crippen LogP contribution in [0.25, 0.3) is 0 Å². The number of aryl methyl sites for hydroxylation is 1. The second kappa shape index (κ2) is 16.4. The molecule has 8 N–H and O–H groups in total. The average molecular weight is 757 g/mol. The number of nitrogens with one attached hydrogen (secondary N) is 8. The molecule has 0 aromatic heterocycles. The van der Waals surface area contributed by atoms with Crippen LogP contribution in [0.2, 0.25) is 0 Å². The van der Waals surface area contributed by atoms with Gasteiger partial charge in [0, 0.05) is 34.1 Å². The lowest BCUT2D eigenvalue weighted by atomic mass is 10.2. The summed E-state index contributed by atoms with van der Waals surface area (Å²) in [5.41, 5.74) is 1.97. The summed E-state index contributed by atoms with van der Waals surface area (Å²) in [6, 6.07) is 28.4. The van der Waals surface area contributed by atoms with Gasteiger partial charge in [0.15, 0.2) is 0 Å². The molecule has 0 saturated carbocycles. The van der Waals surface area contributed by atoms with E-state index in [9.17, 15) is 36.0 Å². The summed E-state index contributed by atoms with van der Waals surface area (Å²) >= 11 is 0. The first-order chi connectivity index (χ1) is 25.3. The lowest BCUT2D eigenvalue weighted by Crippen LogP contribution is -2.35. The summed E-state index contributed by atoms with van der Waals surface area (Å²) in [5.74, 6) is 0. The molecule has 18 heteroatoms. The Kier molecular flexibility index (Phi) is 11.6. The van der Waals surface area contributed by atoms with E-state index in [1.807, 2.05) is 9.44 Å². The van der Waals surface area contributed by atoms with Gasteiger partial charge in [-0.3, -0.25) is 0 Å². The number of carbonyl (C=O) groups is 4. The zero-order chi connectivity index (χ0) is 38.0. The quantitative estimate of drug-likeness (QED) is 0.0803. The molecule has 0 bridgehead atoms. The van der Waals surface area contributed by atoms with Crippen molar-refractivity contribution in [2.24, 2.45) is 0 Å². The number of hydrogen-bond donors (Lipinski definition) is 8. The van der Waals surface area contributed by atoms with Crippen molar-refractivity contribution in [3.8, 4) is 0 Å². The number of anilines is 6. The van der Waals surface area contributed by atoms with Crippen LogP contribution in [0, 0.1) is 6.92 Å². The number of sulfonamides is 2. The van der Waals surface area contributed by atoms with Crippen molar-refractivity contribution >= 4 is 78.3 Å². The fourth-order valence-electron chi connectivity index (χ4n) is 4.61. The Hall–Kier alpha value is -6.92. The lowest BCUT2D eigenvalue weighted by molar-refractivity contribution is 0.255. The topological polar surface area (TPSA) is 233 Å². The molecule has 272 valence electrons. The highest BCUT2D eigenvalue weighted by Gasteiger charge is 2.21. The highest BCUT2D eigenvalue weighted by molar-refractivity contribution is 7.90. The third-order valence-corrected chi connectivity index (χ3v) is 9.72. The third kappa shape index (κ3) is 10.8. The van der Waals surface area contributed by atoms with E-state index in [1.165, 1.54) is 54.6 Å². The van der Waals surface area contributed by atoms with Gasteiger partial charge in [-0.25, -0.2) is 45.5 Å². The summed E-state index contributed by atoms with van der Waals surface area (Å²) in [6.07, 6.45) is 0. The van der Waals surface area contributed by atoms with Gasteiger partial charge in [-0.1, -0.05) is 54.6 Å². The summed E-state index contributed by atoms with van der Waals surface area (Å²) in [4.78, 5) is 49.6. The van der Waals surface area contributed by atoms with E-state index in [-0.39, 0.29) is 32.5 Å². The Balaban J connectivity index is 1.17. The minimum atomic E-state index is -4.42. The summed E-state index contributed by atoms with van der Waals surface area (Å²) in [6.45, 7) is 1.61. The Labute approximate surface area is 304 Å². The predicted octanol–water partition coefficient (Wildman–Crippen LogP) is 6.30. The molecular formula is C35H32N8O8S2. The molecular weight excluding hydrogens is 725 g/mol. The van der Waals surface area contributed by atoms with E-state index >= 15 is 0 Å². The molecule has 0 aliphatic heterocycles. The first kappa shape index (κ1) is 37.3. The summed E-state index contributed by atoms with van der Waals surface area (Å²) in [7, 11) is -8.83. The number of benzene rings is 5. The van der Waals surface area contributed by atoms with Gasteiger partial charge < -0.3 is 31.9 Å². The molecule has 5 rings (SSSR count). The van der Waals surface area contributed by atoms with Gasteiger partial charge >= 0.3 is 24.1 Å². The number of para-hydroxylation sites is 2. The van der Waals surface area contributed by atoms with Crippen molar-refractivity contribution in [1.29, 1.82) is 0 Å². The molecule has 5 aromatic rings. The maximum absolute atomic E-state index is 13.0. The molecule has 0 fully saturated rings. The van der Waals surface area contributed by atoms with Crippen molar-refractivity contribution in [2.45, 2.75) is 16.7 Å². The number of carbonyl (C=O) groups excluding carboxylic acids is 4. The zero-order valence-corrected chi connectivity index (χ0v) is 29.3. The van der Waals surface area contributed by atoms with Gasteiger partial charge in [-0.05, 0) is 85.3 Å². The first-order valence-corrected chi connectivity index (χ1v) is 18.5. The molecule has 53 heavy (non-hydrogen) atoms. The van der Waals surface area contributed by atoms with E-state index in [4.69, 9.17) is 0 Å². The highest BCUT2D eigenvalue weighted by atomic mass is 32.2. The largest absolute Gasteiger partial charge is 0.333 e. The number of amides is 8. The van der Waals surface area contributed by atoms with Crippen LogP contribution < -0.4 is 41.3 Å². The minimum Gasteiger partial charge on any atom is -0.308 e. The van der Waals surface area contributed by atoms with Gasteiger partial charge in [0.05, 0.1) is 9.79 Å². The smallest absolute Gasteiger partial charge is 0.308 e. The first-order valence-electron chi connectivity index (χ1n) is 15.5. The number of rotatable bonds is 10. The van der Waals surface area contributed by atoms with Crippen LogP contribution >= 0.6 is 0 Å². The van der Waals surface area contributed by atoms with Crippen molar-refractivity contribution in [3.63, 3.8) is 0 Å². The fraction of sp³-hybridized carbons (Fsp3) is 0.0286. The average Bonchev–Trinajstić information content (AvgIpc) is 3.10. The zero-order valence-electron chi connectivity index (χ0n) is 27.7. The SMILES string of the molecule is Cc1ccc(NC(=O)NS(=O)(=O)c2cccc(NC(=O)Nc3ccccc3)c2)cc1NC(=O)NS(=O)(=O)c1cccc(NC(=O)Nc2ccccc2)c1. The monoisotopic (exact) mass is 756 g/mol. The van der Waals surface area contributed by atoms with Crippen molar-refractivity contribution in [1.82, 2.24) is 9.44 Å². The molecule has 8 amide bonds. The normalized spacial score (nSPS) is 11.0. The Morgan fingerprint density at radius 1 is 0.396 bits per heavy atom. The molecule has 0 aliphatic carbocycles. The van der Waals surface area contributed by atoms with Crippen LogP contribution in [-0.2, 0) is 20.0 Å². The second-order valence-electron chi connectivity index (χ2n) is 11.1. The summed E-state index contributed by atoms with van der Waals surface area (Å²) in [5, 5.41) is 15.0. The number of urea groups is 4. The van der Waals surface area contributed by atoms with Gasteiger partial charge in [-0.15, -0.1) is 0 Å². The number of hydrogen-bond acceptors (Lipinski definition) is 8. The van der Waals surface area contributed by atoms with Crippen LogP contribution in [0.1, 0.15) is 5.56 Å². The van der Waals surface area contributed by atoms with Crippen LogP contribution in [-0.4, -0.2) is 41.0 Å². The van der Waals surface area contributed by atoms with Crippen LogP contribution in [0.15, 0.2) is 137 Å². The molecule has 0 spiro atoms. The van der Waals surface area contributed by atoms with Gasteiger partial charge in [0.25, 0.3) is 20.0 Å². The lowest BCUT2D eigenvalue weighted by Gasteiger charge is -2.14. The highest BCUT2D eigenvalue weighted by Crippen LogP contribution is 2.22. The minimum absolute atomic E-state index is 0.0574. The van der Waals surface area contributed by atoms with E-state index in [0.717, 1.165) is 12.1 Å². The van der Waals surface area contributed by atoms with E-state index in [1.54, 1.807) is 67.6 Å². The molecule has 5 aromatic carbocycles. The van der Waals surface area contributed by atoms with Gasteiger partial charge in [0.2, 0.25) is 0 Å². The van der Waals surface area contributed by atoms with Gasteiger partial charge in [0.1, 0.15) is 0 Å². The Morgan fingerprint density at radius 3 is 1.25 bits per heavy atom. The fourth-order valence-corrected chi connectivity index (χ4v) is 6.52. The van der Waals surface area contributed by atoms with Crippen LogP contribution in [0.3, 0.4) is 0 Å². The molecule has 0 heterocycles. The summed E-state index contributed by atoms with van der Waals surface area (Å²) < 4.78 is 55.8. The Morgan fingerprint density at radius 2 is 0.774 bits per heavy atom.